The summed E-state index contributed by atoms with van der Waals surface area (Å²) in [6.45, 7) is 26.8. The van der Waals surface area contributed by atoms with Gasteiger partial charge in [0.25, 0.3) is 0 Å². The van der Waals surface area contributed by atoms with Gasteiger partial charge in [0.05, 0.1) is 11.7 Å². The highest BCUT2D eigenvalue weighted by Crippen LogP contribution is 2.29. The number of hydrogen-bond donors (Lipinski definition) is 1. The van der Waals surface area contributed by atoms with E-state index >= 15 is 0 Å². The smallest absolute Gasteiger partial charge is 0.0880 e. The molecule has 0 aromatic rings. The van der Waals surface area contributed by atoms with Gasteiger partial charge < -0.3 is 9.84 Å². The predicted octanol–water partition coefficient (Wildman–Crippen LogP) is 23.7. The lowest BCUT2D eigenvalue weighted by atomic mass is 9.86. The van der Waals surface area contributed by atoms with Crippen molar-refractivity contribution in [2.45, 2.75) is 370 Å². The van der Waals surface area contributed by atoms with Crippen molar-refractivity contribution in [1.82, 2.24) is 0 Å². The molecule has 0 aromatic carbocycles. The van der Waals surface area contributed by atoms with Gasteiger partial charge in [-0.25, -0.2) is 0 Å². The second-order valence-corrected chi connectivity index (χ2v) is 25.5. The van der Waals surface area contributed by atoms with Crippen LogP contribution in [0, 0.1) is 35.5 Å². The molecule has 2 nitrogen and oxygen atoms in total. The molecule has 1 N–H and O–H groups in total. The summed E-state index contributed by atoms with van der Waals surface area (Å²) in [5.74, 6) is 4.99. The minimum Gasteiger partial charge on any atom is -0.387 e. The fraction of sp³-hybridized carbons (Fsp3) is 0.941. The van der Waals surface area contributed by atoms with Gasteiger partial charge in [0, 0.05) is 6.61 Å². The highest BCUT2D eigenvalue weighted by atomic mass is 16.5. The molecular weight excluding hydrogens is 849 g/mol. The molecule has 0 amide bonds. The van der Waals surface area contributed by atoms with Gasteiger partial charge in [-0.15, -0.1) is 0 Å². The monoisotopic (exact) mass is 983 g/mol. The molecule has 0 saturated heterocycles. The lowest BCUT2D eigenvalue weighted by Crippen LogP contribution is -2.41. The third kappa shape index (κ3) is 49.6. The number of hydrogen-bond acceptors (Lipinski definition) is 2. The largest absolute Gasteiger partial charge is 0.387 e. The van der Waals surface area contributed by atoms with Crippen LogP contribution in [-0.2, 0) is 4.74 Å². The zero-order valence-electron chi connectivity index (χ0n) is 50.4. The van der Waals surface area contributed by atoms with Crippen LogP contribution >= 0.6 is 0 Å². The van der Waals surface area contributed by atoms with Gasteiger partial charge in [0.15, 0.2) is 0 Å². The molecule has 0 rings (SSSR count). The lowest BCUT2D eigenvalue weighted by Gasteiger charge is -2.33. The standard InChI is InChI=1S/C68H134O2/c1-12-13-14-15-16-17-18-19-20-21-22-23-24-25-26-27-28-29-30-31-32-33-34-35-36-37-59-70-67(68(11,69)58-44-56-66(10)54-42-50-63(7)48-39-46-61(4)5)57-43-55-65(9)53-41-52-64(8)51-40-49-62(6)47-38-45-60(2)3/h19-20,55,60-64,66-67,69H,12-18,21-54,56-59H2,1-11H3. The molecule has 0 spiro atoms. The van der Waals surface area contributed by atoms with E-state index in [0.717, 1.165) is 74.2 Å². The Morgan fingerprint density at radius 3 is 1.14 bits per heavy atom. The van der Waals surface area contributed by atoms with Crippen LogP contribution < -0.4 is 0 Å². The van der Waals surface area contributed by atoms with Crippen molar-refractivity contribution in [2.24, 2.45) is 35.5 Å². The third-order valence-electron chi connectivity index (χ3n) is 16.5. The maximum absolute atomic E-state index is 11.9. The first-order valence-electron chi connectivity index (χ1n) is 32.4. The van der Waals surface area contributed by atoms with Crippen molar-refractivity contribution in [2.75, 3.05) is 6.61 Å². The van der Waals surface area contributed by atoms with E-state index in [1.165, 1.54) is 256 Å². The van der Waals surface area contributed by atoms with Crippen molar-refractivity contribution in [3.05, 3.63) is 23.8 Å². The first-order chi connectivity index (χ1) is 33.8. The number of unbranched alkanes of at least 4 members (excludes halogenated alkanes) is 22. The van der Waals surface area contributed by atoms with Crippen LogP contribution in [0.25, 0.3) is 0 Å². The van der Waals surface area contributed by atoms with E-state index in [2.05, 4.69) is 94.4 Å². The molecule has 0 bridgehead atoms. The van der Waals surface area contributed by atoms with E-state index < -0.39 is 5.60 Å². The SMILES string of the molecule is CCCCCCCCC=CCCCCCCCCCCCCCCCCCCOC(CCC=C(C)CCCC(C)CCCC(C)CCCC(C)C)C(C)(O)CCCC(C)CCCC(C)CCCC(C)C. The number of aliphatic hydroxyl groups is 1. The Hall–Kier alpha value is -0.600. The van der Waals surface area contributed by atoms with Gasteiger partial charge in [-0.05, 0) is 114 Å². The summed E-state index contributed by atoms with van der Waals surface area (Å²) in [4.78, 5) is 0. The van der Waals surface area contributed by atoms with Crippen molar-refractivity contribution in [3.63, 3.8) is 0 Å². The minimum atomic E-state index is -0.766. The molecule has 0 radical (unpaired) electrons. The molecule has 0 saturated carbocycles. The number of rotatable bonds is 55. The highest BCUT2D eigenvalue weighted by molar-refractivity contribution is 4.99. The van der Waals surface area contributed by atoms with Gasteiger partial charge in [0.1, 0.15) is 0 Å². The molecule has 0 aromatic heterocycles. The summed E-state index contributed by atoms with van der Waals surface area (Å²) >= 11 is 0. The van der Waals surface area contributed by atoms with E-state index in [0.29, 0.717) is 0 Å². The van der Waals surface area contributed by atoms with Gasteiger partial charge in [0.2, 0.25) is 0 Å². The topological polar surface area (TPSA) is 29.5 Å². The van der Waals surface area contributed by atoms with Crippen molar-refractivity contribution in [1.29, 1.82) is 0 Å². The van der Waals surface area contributed by atoms with Crippen molar-refractivity contribution >= 4 is 0 Å². The molecular formula is C68H134O2. The second kappa shape index (κ2) is 50.6. The quantitative estimate of drug-likeness (QED) is 0.0486. The summed E-state index contributed by atoms with van der Waals surface area (Å²) in [7, 11) is 0. The Morgan fingerprint density at radius 2 is 0.743 bits per heavy atom. The van der Waals surface area contributed by atoms with Crippen LogP contribution in [0.2, 0.25) is 0 Å². The normalized spacial score (nSPS) is 15.6. The molecule has 2 heteroatoms. The zero-order chi connectivity index (χ0) is 51.8. The van der Waals surface area contributed by atoms with Crippen LogP contribution in [0.4, 0.5) is 0 Å². The second-order valence-electron chi connectivity index (χ2n) is 25.5. The molecule has 0 aliphatic rings. The van der Waals surface area contributed by atoms with E-state index in [4.69, 9.17) is 4.74 Å². The van der Waals surface area contributed by atoms with Gasteiger partial charge in [-0.1, -0.05) is 304 Å². The Morgan fingerprint density at radius 1 is 0.400 bits per heavy atom. The van der Waals surface area contributed by atoms with Crippen LogP contribution in [0.15, 0.2) is 23.8 Å². The average molecular weight is 984 g/mol. The number of ether oxygens (including phenoxy) is 1. The fourth-order valence-corrected chi connectivity index (χ4v) is 11.2. The van der Waals surface area contributed by atoms with Gasteiger partial charge >= 0.3 is 0 Å². The Kier molecular flexibility index (Phi) is 50.1. The van der Waals surface area contributed by atoms with Crippen LogP contribution in [0.5, 0.6) is 0 Å². The molecule has 6 atom stereocenters. The predicted molar refractivity (Wildman–Crippen MR) is 318 cm³/mol. The number of allylic oxidation sites excluding steroid dienone is 4. The summed E-state index contributed by atoms with van der Waals surface area (Å²) in [6, 6.07) is 0. The lowest BCUT2D eigenvalue weighted by molar-refractivity contribution is -0.107. The Balaban J connectivity index is 4.46. The molecule has 0 aliphatic heterocycles. The highest BCUT2D eigenvalue weighted by Gasteiger charge is 2.32. The molecule has 418 valence electrons. The third-order valence-corrected chi connectivity index (χ3v) is 16.5. The molecule has 0 fully saturated rings. The first kappa shape index (κ1) is 69.4. The van der Waals surface area contributed by atoms with Crippen LogP contribution in [-0.4, -0.2) is 23.4 Å². The summed E-state index contributed by atoms with van der Waals surface area (Å²) in [5, 5.41) is 11.9. The summed E-state index contributed by atoms with van der Waals surface area (Å²) in [5.41, 5.74) is 0.763. The molecule has 70 heavy (non-hydrogen) atoms. The maximum atomic E-state index is 11.9. The van der Waals surface area contributed by atoms with Crippen molar-refractivity contribution < 1.29 is 9.84 Å². The van der Waals surface area contributed by atoms with Gasteiger partial charge in [-0.2, -0.15) is 0 Å². The first-order valence-corrected chi connectivity index (χ1v) is 32.4. The van der Waals surface area contributed by atoms with E-state index in [9.17, 15) is 5.11 Å². The molecule has 6 unspecified atom stereocenters. The van der Waals surface area contributed by atoms with Crippen molar-refractivity contribution in [3.8, 4) is 0 Å². The minimum absolute atomic E-state index is 0.0804. The van der Waals surface area contributed by atoms with Crippen LogP contribution in [0.1, 0.15) is 359 Å². The van der Waals surface area contributed by atoms with E-state index in [1.54, 1.807) is 0 Å². The van der Waals surface area contributed by atoms with Crippen LogP contribution in [0.3, 0.4) is 0 Å². The van der Waals surface area contributed by atoms with E-state index in [-0.39, 0.29) is 6.10 Å². The van der Waals surface area contributed by atoms with E-state index in [1.807, 2.05) is 0 Å². The summed E-state index contributed by atoms with van der Waals surface area (Å²) < 4.78 is 6.66. The Bertz CT molecular complexity index is 1100. The molecule has 0 heterocycles. The Labute approximate surface area is 444 Å². The molecule has 0 aliphatic carbocycles. The fourth-order valence-electron chi connectivity index (χ4n) is 11.2. The van der Waals surface area contributed by atoms with Gasteiger partial charge in [-0.3, -0.25) is 0 Å². The summed E-state index contributed by atoms with van der Waals surface area (Å²) in [6.07, 6.45) is 66.1. The zero-order valence-corrected chi connectivity index (χ0v) is 50.4. The average Bonchev–Trinajstić information content (AvgIpc) is 3.30. The maximum Gasteiger partial charge on any atom is 0.0880 e.